The molecule has 0 spiro atoms. The van der Waals surface area contributed by atoms with Crippen LogP contribution in [0.25, 0.3) is 0 Å². The van der Waals surface area contributed by atoms with Gasteiger partial charge in [-0.25, -0.2) is 13.1 Å². The zero-order chi connectivity index (χ0) is 13.1. The Morgan fingerprint density at radius 2 is 2.29 bits per heavy atom. The standard InChI is InChI=1S/C9H13N3O4S/c1-7(2)3-11-17(15,16)8-4-10-12(5-8)6-9(13)14/h4-5,11H,1,3,6H2,2H3,(H,13,14). The molecule has 0 atom stereocenters. The third-order valence-electron chi connectivity index (χ3n) is 1.78. The lowest BCUT2D eigenvalue weighted by Gasteiger charge is -2.03. The molecule has 0 saturated carbocycles. The van der Waals surface area contributed by atoms with Crippen molar-refractivity contribution in [1.82, 2.24) is 14.5 Å². The summed E-state index contributed by atoms with van der Waals surface area (Å²) in [4.78, 5) is 10.3. The minimum atomic E-state index is -3.66. The van der Waals surface area contributed by atoms with Gasteiger partial charge in [0.05, 0.1) is 6.20 Å². The van der Waals surface area contributed by atoms with Gasteiger partial charge in [-0.1, -0.05) is 12.2 Å². The smallest absolute Gasteiger partial charge is 0.325 e. The van der Waals surface area contributed by atoms with Gasteiger partial charge in [0, 0.05) is 12.7 Å². The van der Waals surface area contributed by atoms with E-state index in [1.807, 2.05) is 0 Å². The van der Waals surface area contributed by atoms with Crippen LogP contribution in [0.5, 0.6) is 0 Å². The molecule has 8 heteroatoms. The Bertz CT molecular complexity index is 532. The largest absolute Gasteiger partial charge is 0.480 e. The number of nitrogens with zero attached hydrogens (tertiary/aromatic N) is 2. The molecule has 0 unspecified atom stereocenters. The van der Waals surface area contributed by atoms with E-state index in [9.17, 15) is 13.2 Å². The minimum Gasteiger partial charge on any atom is -0.480 e. The Kier molecular flexibility index (Phi) is 4.02. The summed E-state index contributed by atoms with van der Waals surface area (Å²) < 4.78 is 26.7. The molecule has 0 fully saturated rings. The molecule has 1 rings (SSSR count). The molecule has 1 heterocycles. The Morgan fingerprint density at radius 3 is 2.82 bits per heavy atom. The summed E-state index contributed by atoms with van der Waals surface area (Å²) in [5.74, 6) is -1.09. The molecule has 0 amide bonds. The van der Waals surface area contributed by atoms with Crippen LogP contribution in [-0.2, 0) is 21.4 Å². The van der Waals surface area contributed by atoms with E-state index >= 15 is 0 Å². The lowest BCUT2D eigenvalue weighted by molar-refractivity contribution is -0.137. The lowest BCUT2D eigenvalue weighted by Crippen LogP contribution is -2.24. The van der Waals surface area contributed by atoms with E-state index in [4.69, 9.17) is 5.11 Å². The molecule has 1 aromatic heterocycles. The topological polar surface area (TPSA) is 101 Å². The Morgan fingerprint density at radius 1 is 1.65 bits per heavy atom. The number of sulfonamides is 1. The zero-order valence-corrected chi connectivity index (χ0v) is 10.1. The van der Waals surface area contributed by atoms with Gasteiger partial charge < -0.3 is 5.11 Å². The maximum absolute atomic E-state index is 11.7. The highest BCUT2D eigenvalue weighted by atomic mass is 32.2. The zero-order valence-electron chi connectivity index (χ0n) is 9.25. The second-order valence-corrected chi connectivity index (χ2v) is 5.32. The molecule has 0 bridgehead atoms. The van der Waals surface area contributed by atoms with E-state index in [0.29, 0.717) is 5.57 Å². The molecule has 0 saturated heterocycles. The van der Waals surface area contributed by atoms with Crippen molar-refractivity contribution in [2.45, 2.75) is 18.4 Å². The number of aromatic nitrogens is 2. The summed E-state index contributed by atoms with van der Waals surface area (Å²) in [5.41, 5.74) is 0.673. The summed E-state index contributed by atoms with van der Waals surface area (Å²) in [6, 6.07) is 0. The predicted molar refractivity (Wildman–Crippen MR) is 59.9 cm³/mol. The van der Waals surface area contributed by atoms with E-state index in [1.54, 1.807) is 6.92 Å². The highest BCUT2D eigenvalue weighted by Gasteiger charge is 2.16. The van der Waals surface area contributed by atoms with Crippen molar-refractivity contribution >= 4 is 16.0 Å². The fraction of sp³-hybridized carbons (Fsp3) is 0.333. The second kappa shape index (κ2) is 5.11. The van der Waals surface area contributed by atoms with Crippen LogP contribution < -0.4 is 4.72 Å². The van der Waals surface area contributed by atoms with E-state index in [0.717, 1.165) is 17.1 Å². The van der Waals surface area contributed by atoms with Gasteiger partial charge in [0.2, 0.25) is 10.0 Å². The molecule has 0 aromatic carbocycles. The van der Waals surface area contributed by atoms with E-state index in [-0.39, 0.29) is 18.0 Å². The monoisotopic (exact) mass is 259 g/mol. The molecule has 7 nitrogen and oxygen atoms in total. The van der Waals surface area contributed by atoms with Gasteiger partial charge in [-0.15, -0.1) is 0 Å². The van der Waals surface area contributed by atoms with Gasteiger partial charge in [-0.2, -0.15) is 5.10 Å². The Hall–Kier alpha value is -1.67. The highest BCUT2D eigenvalue weighted by Crippen LogP contribution is 2.06. The van der Waals surface area contributed by atoms with Crippen molar-refractivity contribution in [3.05, 3.63) is 24.5 Å². The number of nitrogens with one attached hydrogen (secondary N) is 1. The predicted octanol–water partition coefficient (Wildman–Crippen LogP) is -0.178. The average molecular weight is 259 g/mol. The van der Waals surface area contributed by atoms with Crippen molar-refractivity contribution < 1.29 is 18.3 Å². The maximum atomic E-state index is 11.7. The van der Waals surface area contributed by atoms with Gasteiger partial charge in [-0.3, -0.25) is 9.48 Å². The van der Waals surface area contributed by atoms with E-state index in [2.05, 4.69) is 16.4 Å². The van der Waals surface area contributed by atoms with Crippen LogP contribution in [0.1, 0.15) is 6.92 Å². The summed E-state index contributed by atoms with van der Waals surface area (Å²) in [7, 11) is -3.66. The molecule has 17 heavy (non-hydrogen) atoms. The first-order chi connectivity index (χ1) is 7.81. The van der Waals surface area contributed by atoms with Crippen LogP contribution in [0.2, 0.25) is 0 Å². The van der Waals surface area contributed by atoms with Crippen molar-refractivity contribution in [3.63, 3.8) is 0 Å². The number of rotatable bonds is 6. The van der Waals surface area contributed by atoms with Gasteiger partial charge in [0.1, 0.15) is 11.4 Å². The SMILES string of the molecule is C=C(C)CNS(=O)(=O)c1cnn(CC(=O)O)c1. The normalized spacial score (nSPS) is 11.4. The fourth-order valence-electron chi connectivity index (χ4n) is 1.01. The summed E-state index contributed by atoms with van der Waals surface area (Å²) in [5, 5.41) is 12.2. The van der Waals surface area contributed by atoms with Gasteiger partial charge in [-0.05, 0) is 6.92 Å². The molecule has 2 N–H and O–H groups in total. The number of hydrogen-bond donors (Lipinski definition) is 2. The summed E-state index contributed by atoms with van der Waals surface area (Å²) >= 11 is 0. The fourth-order valence-corrected chi connectivity index (χ4v) is 2.06. The van der Waals surface area contributed by atoms with Crippen LogP contribution in [0, 0.1) is 0 Å². The van der Waals surface area contributed by atoms with Gasteiger partial charge in [0.25, 0.3) is 0 Å². The third-order valence-corrected chi connectivity index (χ3v) is 3.14. The van der Waals surface area contributed by atoms with E-state index in [1.165, 1.54) is 0 Å². The third kappa shape index (κ3) is 4.00. The number of carboxylic acids is 1. The van der Waals surface area contributed by atoms with Crippen LogP contribution in [-0.4, -0.2) is 35.8 Å². The van der Waals surface area contributed by atoms with Crippen molar-refractivity contribution in [2.24, 2.45) is 0 Å². The average Bonchev–Trinajstić information content (AvgIpc) is 2.63. The number of carboxylic acid groups (broad SMARTS) is 1. The van der Waals surface area contributed by atoms with Crippen LogP contribution in [0.3, 0.4) is 0 Å². The molecule has 94 valence electrons. The van der Waals surface area contributed by atoms with Crippen molar-refractivity contribution in [3.8, 4) is 0 Å². The summed E-state index contributed by atoms with van der Waals surface area (Å²) in [6.45, 7) is 5.01. The van der Waals surface area contributed by atoms with Gasteiger partial charge >= 0.3 is 5.97 Å². The second-order valence-electron chi connectivity index (χ2n) is 3.55. The number of hydrogen-bond acceptors (Lipinski definition) is 4. The van der Waals surface area contributed by atoms with Crippen LogP contribution >= 0.6 is 0 Å². The molecule has 1 aromatic rings. The molecular weight excluding hydrogens is 246 g/mol. The molecule has 0 aliphatic carbocycles. The highest BCUT2D eigenvalue weighted by molar-refractivity contribution is 7.89. The lowest BCUT2D eigenvalue weighted by atomic mass is 10.4. The Balaban J connectivity index is 2.81. The van der Waals surface area contributed by atoms with Gasteiger partial charge in [0.15, 0.2) is 0 Å². The number of carbonyl (C=O) groups is 1. The first kappa shape index (κ1) is 13.4. The van der Waals surface area contributed by atoms with Crippen molar-refractivity contribution in [2.75, 3.05) is 6.54 Å². The number of aliphatic carboxylic acids is 1. The first-order valence-corrected chi connectivity index (χ1v) is 6.18. The van der Waals surface area contributed by atoms with Crippen LogP contribution in [0.15, 0.2) is 29.4 Å². The minimum absolute atomic E-state index is 0.0694. The van der Waals surface area contributed by atoms with E-state index < -0.39 is 16.0 Å². The molecule has 0 aliphatic heterocycles. The maximum Gasteiger partial charge on any atom is 0.325 e. The Labute approximate surface area is 98.8 Å². The molecule has 0 aliphatic rings. The molecule has 0 radical (unpaired) electrons. The van der Waals surface area contributed by atoms with Crippen molar-refractivity contribution in [1.29, 1.82) is 0 Å². The van der Waals surface area contributed by atoms with Crippen LogP contribution in [0.4, 0.5) is 0 Å². The quantitative estimate of drug-likeness (QED) is 0.690. The molecular formula is C9H13N3O4S. The summed E-state index contributed by atoms with van der Waals surface area (Å²) in [6.07, 6.45) is 2.26. The first-order valence-electron chi connectivity index (χ1n) is 4.69.